The number of rotatable bonds is 6. The number of ether oxygens (including phenoxy) is 1. The molecule has 3 aromatic rings. The van der Waals surface area contributed by atoms with Crippen molar-refractivity contribution in [2.75, 3.05) is 18.2 Å². The first-order valence-corrected chi connectivity index (χ1v) is 11.1. The first kappa shape index (κ1) is 21.0. The Morgan fingerprint density at radius 1 is 1.10 bits per heavy atom. The maximum atomic E-state index is 12.3. The summed E-state index contributed by atoms with van der Waals surface area (Å²) in [6.07, 6.45) is 0. The van der Waals surface area contributed by atoms with E-state index in [0.717, 1.165) is 16.9 Å². The number of hydrogen-bond donors (Lipinski definition) is 1. The molecule has 0 aliphatic rings. The van der Waals surface area contributed by atoms with Gasteiger partial charge in [0.05, 0.1) is 23.3 Å². The molecule has 0 fully saturated rings. The van der Waals surface area contributed by atoms with E-state index in [0.29, 0.717) is 16.3 Å². The molecule has 0 aliphatic carbocycles. The van der Waals surface area contributed by atoms with Gasteiger partial charge in [0.2, 0.25) is 5.91 Å². The van der Waals surface area contributed by atoms with Gasteiger partial charge in [-0.25, -0.2) is 18.2 Å². The Morgan fingerprint density at radius 2 is 1.76 bits per heavy atom. The molecule has 7 nitrogen and oxygen atoms in total. The number of halogens is 1. The van der Waals surface area contributed by atoms with Crippen LogP contribution in [-0.2, 0) is 19.4 Å². The van der Waals surface area contributed by atoms with Crippen molar-refractivity contribution in [3.8, 4) is 11.3 Å². The van der Waals surface area contributed by atoms with Gasteiger partial charge in [0.1, 0.15) is 5.75 Å². The number of benzene rings is 2. The number of anilines is 1. The quantitative estimate of drug-likeness (QED) is 0.575. The molecule has 3 rings (SSSR count). The number of nitrogens with zero attached hydrogens (tertiary/aromatic N) is 1. The van der Waals surface area contributed by atoms with Gasteiger partial charge in [0.15, 0.2) is 15.0 Å². The Bertz CT molecular complexity index is 1140. The molecule has 0 radical (unpaired) electrons. The number of thiazole rings is 1. The third-order valence-electron chi connectivity index (χ3n) is 3.85. The van der Waals surface area contributed by atoms with Crippen LogP contribution in [0.4, 0.5) is 5.13 Å². The van der Waals surface area contributed by atoms with Crippen LogP contribution in [-0.4, -0.2) is 38.1 Å². The molecule has 0 spiro atoms. The molecule has 1 N–H and O–H groups in total. The second-order valence-corrected chi connectivity index (χ2v) is 9.15. The fourth-order valence-corrected chi connectivity index (χ4v) is 4.41. The molecule has 0 saturated carbocycles. The summed E-state index contributed by atoms with van der Waals surface area (Å²) in [5, 5.41) is 4.89. The number of carbonyl (C=O) groups excluding carboxylic acids is 2. The van der Waals surface area contributed by atoms with Gasteiger partial charge in [-0.3, -0.25) is 4.79 Å². The third-order valence-corrected chi connectivity index (χ3v) is 6.49. The van der Waals surface area contributed by atoms with E-state index >= 15 is 0 Å². The highest BCUT2D eigenvalue weighted by Gasteiger charge is 2.20. The van der Waals surface area contributed by atoms with Gasteiger partial charge in [0.25, 0.3) is 0 Å². The molecule has 29 heavy (non-hydrogen) atoms. The fraction of sp³-hybridized carbons (Fsp3) is 0.105. The van der Waals surface area contributed by atoms with Crippen LogP contribution in [0.1, 0.15) is 10.4 Å². The van der Waals surface area contributed by atoms with Gasteiger partial charge < -0.3 is 10.1 Å². The van der Waals surface area contributed by atoms with Crippen molar-refractivity contribution < 1.29 is 22.7 Å². The molecular formula is C19H15ClN2O5S2. The van der Waals surface area contributed by atoms with E-state index in [1.165, 1.54) is 31.4 Å². The van der Waals surface area contributed by atoms with Crippen molar-refractivity contribution in [3.05, 3.63) is 64.5 Å². The van der Waals surface area contributed by atoms with E-state index in [1.807, 2.05) is 0 Å². The van der Waals surface area contributed by atoms with E-state index in [2.05, 4.69) is 15.0 Å². The Balaban J connectivity index is 1.67. The van der Waals surface area contributed by atoms with E-state index < -0.39 is 27.5 Å². The van der Waals surface area contributed by atoms with Crippen LogP contribution in [0.3, 0.4) is 0 Å². The van der Waals surface area contributed by atoms with Crippen LogP contribution in [0.5, 0.6) is 0 Å². The highest BCUT2D eigenvalue weighted by Crippen LogP contribution is 2.25. The monoisotopic (exact) mass is 450 g/mol. The molecule has 1 heterocycles. The molecule has 150 valence electrons. The molecular weight excluding hydrogens is 436 g/mol. The van der Waals surface area contributed by atoms with Crippen LogP contribution < -0.4 is 5.32 Å². The number of amides is 1. The molecule has 0 atom stereocenters. The average molecular weight is 451 g/mol. The second kappa shape index (κ2) is 8.73. The Morgan fingerprint density at radius 3 is 2.38 bits per heavy atom. The largest absolute Gasteiger partial charge is 0.465 e. The minimum atomic E-state index is -3.79. The van der Waals surface area contributed by atoms with Gasteiger partial charge in [-0.1, -0.05) is 23.7 Å². The standard InChI is InChI=1S/C19H15ClN2O5S2/c1-27-18(24)13-4-2-12(3-5-13)16-10-28-19(21-16)22-17(23)11-29(25,26)15-8-6-14(20)7-9-15/h2-10H,11H2,1H3,(H,21,22,23). The summed E-state index contributed by atoms with van der Waals surface area (Å²) in [6.45, 7) is 0. The SMILES string of the molecule is COC(=O)c1ccc(-c2csc(NC(=O)CS(=O)(=O)c3ccc(Cl)cc3)n2)cc1. The first-order chi connectivity index (χ1) is 13.8. The lowest BCUT2D eigenvalue weighted by Crippen LogP contribution is -2.22. The zero-order valence-corrected chi connectivity index (χ0v) is 17.5. The van der Waals surface area contributed by atoms with Gasteiger partial charge in [-0.2, -0.15) is 0 Å². The average Bonchev–Trinajstić information content (AvgIpc) is 3.15. The molecule has 0 bridgehead atoms. The summed E-state index contributed by atoms with van der Waals surface area (Å²) >= 11 is 6.92. The summed E-state index contributed by atoms with van der Waals surface area (Å²) in [5.74, 6) is -1.84. The Hall–Kier alpha value is -2.75. The van der Waals surface area contributed by atoms with E-state index in [-0.39, 0.29) is 10.0 Å². The maximum Gasteiger partial charge on any atom is 0.337 e. The van der Waals surface area contributed by atoms with E-state index in [1.54, 1.807) is 29.6 Å². The molecule has 2 aromatic carbocycles. The summed E-state index contributed by atoms with van der Waals surface area (Å²) in [5.41, 5.74) is 1.73. The smallest absolute Gasteiger partial charge is 0.337 e. The topological polar surface area (TPSA) is 102 Å². The summed E-state index contributed by atoms with van der Waals surface area (Å²) in [7, 11) is -2.49. The highest BCUT2D eigenvalue weighted by molar-refractivity contribution is 7.92. The van der Waals surface area contributed by atoms with Crippen LogP contribution in [0.15, 0.2) is 58.8 Å². The number of methoxy groups -OCH3 is 1. The number of hydrogen-bond acceptors (Lipinski definition) is 7. The van der Waals surface area contributed by atoms with Crippen LogP contribution in [0, 0.1) is 0 Å². The second-order valence-electron chi connectivity index (χ2n) is 5.87. The van der Waals surface area contributed by atoms with Gasteiger partial charge in [-0.05, 0) is 36.4 Å². The number of carbonyl (C=O) groups is 2. The number of sulfone groups is 1. The van der Waals surface area contributed by atoms with Gasteiger partial charge in [-0.15, -0.1) is 11.3 Å². The minimum absolute atomic E-state index is 0.0163. The van der Waals surface area contributed by atoms with E-state index in [4.69, 9.17) is 11.6 Å². The molecule has 1 aromatic heterocycles. The normalized spacial score (nSPS) is 11.1. The predicted octanol–water partition coefficient (Wildman–Crippen LogP) is 3.66. The number of esters is 1. The lowest BCUT2D eigenvalue weighted by atomic mass is 10.1. The van der Waals surface area contributed by atoms with Gasteiger partial charge >= 0.3 is 5.97 Å². The van der Waals surface area contributed by atoms with E-state index in [9.17, 15) is 18.0 Å². The lowest BCUT2D eigenvalue weighted by molar-refractivity contribution is -0.113. The predicted molar refractivity (Wildman–Crippen MR) is 111 cm³/mol. The highest BCUT2D eigenvalue weighted by atomic mass is 35.5. The van der Waals surface area contributed by atoms with Crippen molar-refractivity contribution >= 4 is 49.8 Å². The summed E-state index contributed by atoms with van der Waals surface area (Å²) < 4.78 is 29.3. The number of nitrogens with one attached hydrogen (secondary N) is 1. The maximum absolute atomic E-state index is 12.3. The molecule has 1 amide bonds. The van der Waals surface area contributed by atoms with Crippen LogP contribution in [0.25, 0.3) is 11.3 Å². The van der Waals surface area contributed by atoms with Crippen molar-refractivity contribution in [1.29, 1.82) is 0 Å². The fourth-order valence-electron chi connectivity index (χ4n) is 2.41. The van der Waals surface area contributed by atoms with Crippen molar-refractivity contribution in [2.24, 2.45) is 0 Å². The molecule has 0 saturated heterocycles. The first-order valence-electron chi connectivity index (χ1n) is 8.21. The third kappa shape index (κ3) is 5.20. The Kier molecular flexibility index (Phi) is 6.31. The summed E-state index contributed by atoms with van der Waals surface area (Å²) in [4.78, 5) is 28.0. The lowest BCUT2D eigenvalue weighted by Gasteiger charge is -2.04. The minimum Gasteiger partial charge on any atom is -0.465 e. The molecule has 10 heteroatoms. The van der Waals surface area contributed by atoms with Crippen molar-refractivity contribution in [1.82, 2.24) is 4.98 Å². The molecule has 0 unspecified atom stereocenters. The Labute approximate surface area is 176 Å². The zero-order chi connectivity index (χ0) is 21.0. The van der Waals surface area contributed by atoms with Crippen molar-refractivity contribution in [3.63, 3.8) is 0 Å². The molecule has 0 aliphatic heterocycles. The van der Waals surface area contributed by atoms with Gasteiger partial charge in [0, 0.05) is 16.0 Å². The number of aromatic nitrogens is 1. The van der Waals surface area contributed by atoms with Crippen molar-refractivity contribution in [2.45, 2.75) is 4.90 Å². The zero-order valence-electron chi connectivity index (χ0n) is 15.1. The summed E-state index contributed by atoms with van der Waals surface area (Å²) in [6, 6.07) is 12.2. The van der Waals surface area contributed by atoms with Crippen LogP contribution in [0.2, 0.25) is 5.02 Å². The van der Waals surface area contributed by atoms with Crippen LogP contribution >= 0.6 is 22.9 Å².